The zero-order valence-electron chi connectivity index (χ0n) is 8.63. The Kier molecular flexibility index (Phi) is 2.53. The third kappa shape index (κ3) is 1.73. The number of carbonyl (C=O) groups excluding carboxylic acids is 1. The summed E-state index contributed by atoms with van der Waals surface area (Å²) < 4.78 is 36.9. The molecular weight excluding hydrogens is 218 g/mol. The van der Waals surface area contributed by atoms with Crippen molar-refractivity contribution in [2.24, 2.45) is 0 Å². The monoisotopic (exact) mass is 228 g/mol. The van der Waals surface area contributed by atoms with E-state index in [0.717, 1.165) is 6.07 Å². The van der Waals surface area contributed by atoms with Gasteiger partial charge in [0.2, 0.25) is 0 Å². The van der Waals surface area contributed by atoms with Crippen molar-refractivity contribution in [3.8, 4) is 11.5 Å². The van der Waals surface area contributed by atoms with E-state index < -0.39 is 5.92 Å². The Morgan fingerprint density at radius 1 is 1.25 bits per heavy atom. The van der Waals surface area contributed by atoms with Crippen LogP contribution in [0.15, 0.2) is 12.1 Å². The van der Waals surface area contributed by atoms with E-state index in [1.165, 1.54) is 13.0 Å². The van der Waals surface area contributed by atoms with E-state index in [1.807, 2.05) is 0 Å². The molecule has 0 N–H and O–H groups in total. The molecule has 86 valence electrons. The summed E-state index contributed by atoms with van der Waals surface area (Å²) in [6, 6.07) is 2.62. The number of aryl methyl sites for hydroxylation is 1. The maximum absolute atomic E-state index is 13.3. The number of aldehydes is 1. The van der Waals surface area contributed by atoms with Crippen LogP contribution in [-0.4, -0.2) is 19.5 Å². The van der Waals surface area contributed by atoms with Gasteiger partial charge in [-0.2, -0.15) is 8.78 Å². The van der Waals surface area contributed by atoms with E-state index >= 15 is 0 Å². The molecule has 3 nitrogen and oxygen atoms in total. The largest absolute Gasteiger partial charge is 0.486 e. The molecule has 0 spiro atoms. The zero-order chi connectivity index (χ0) is 11.8. The molecule has 0 atom stereocenters. The molecule has 0 saturated carbocycles. The van der Waals surface area contributed by atoms with Crippen LogP contribution in [-0.2, 0) is 10.7 Å². The lowest BCUT2D eigenvalue weighted by Gasteiger charge is -2.21. The van der Waals surface area contributed by atoms with Gasteiger partial charge in [-0.1, -0.05) is 0 Å². The Morgan fingerprint density at radius 3 is 2.38 bits per heavy atom. The molecule has 1 aliphatic heterocycles. The lowest BCUT2D eigenvalue weighted by molar-refractivity contribution is -0.130. The van der Waals surface area contributed by atoms with Gasteiger partial charge in [0.1, 0.15) is 13.2 Å². The second kappa shape index (κ2) is 3.73. The molecule has 0 fully saturated rings. The van der Waals surface area contributed by atoms with E-state index in [9.17, 15) is 13.6 Å². The van der Waals surface area contributed by atoms with E-state index in [1.54, 1.807) is 0 Å². The number of halogens is 2. The van der Waals surface area contributed by atoms with Crippen LogP contribution in [0.1, 0.15) is 11.1 Å². The lowest BCUT2D eigenvalue weighted by atomic mass is 10.0. The summed E-state index contributed by atoms with van der Waals surface area (Å²) in [6.07, 6.45) is -0.370. The van der Waals surface area contributed by atoms with Gasteiger partial charge in [-0.05, 0) is 24.6 Å². The molecule has 2 rings (SSSR count). The molecule has 0 amide bonds. The van der Waals surface area contributed by atoms with Gasteiger partial charge in [-0.15, -0.1) is 0 Å². The first-order valence-corrected chi connectivity index (χ1v) is 4.79. The summed E-state index contributed by atoms with van der Waals surface area (Å²) in [5.74, 6) is -2.79. The van der Waals surface area contributed by atoms with Crippen molar-refractivity contribution in [1.82, 2.24) is 0 Å². The molecule has 0 aromatic heterocycles. The summed E-state index contributed by atoms with van der Waals surface area (Å²) in [6.45, 7) is 2.23. The number of ether oxygens (including phenoxy) is 2. The highest BCUT2D eigenvalue weighted by molar-refractivity contribution is 5.66. The molecule has 16 heavy (non-hydrogen) atoms. The van der Waals surface area contributed by atoms with Crippen LogP contribution in [0.3, 0.4) is 0 Å². The van der Waals surface area contributed by atoms with Crippen LogP contribution in [0, 0.1) is 6.92 Å². The predicted molar refractivity (Wildman–Crippen MR) is 52.1 cm³/mol. The van der Waals surface area contributed by atoms with Crippen molar-refractivity contribution in [3.63, 3.8) is 0 Å². The lowest BCUT2D eigenvalue weighted by Crippen LogP contribution is -2.20. The topological polar surface area (TPSA) is 35.5 Å². The van der Waals surface area contributed by atoms with Crippen molar-refractivity contribution >= 4 is 6.29 Å². The van der Waals surface area contributed by atoms with Gasteiger partial charge in [-0.3, -0.25) is 4.79 Å². The Hall–Kier alpha value is -1.65. The first kappa shape index (κ1) is 10.9. The smallest absolute Gasteiger partial charge is 0.327 e. The van der Waals surface area contributed by atoms with Gasteiger partial charge >= 0.3 is 5.92 Å². The van der Waals surface area contributed by atoms with Crippen molar-refractivity contribution in [2.75, 3.05) is 13.2 Å². The predicted octanol–water partition coefficient (Wildman–Crippen LogP) is 2.06. The fourth-order valence-corrected chi connectivity index (χ4v) is 1.61. The maximum atomic E-state index is 13.3. The minimum absolute atomic E-state index is 0.258. The zero-order valence-corrected chi connectivity index (χ0v) is 8.63. The molecule has 0 saturated heterocycles. The standard InChI is InChI=1S/C11H10F2O3/c1-7-4-9-10(16-3-2-15-9)5-8(7)11(12,13)6-14/h4-6H,2-3H2,1H3. The van der Waals surface area contributed by atoms with Crippen LogP contribution in [0.5, 0.6) is 11.5 Å². The molecule has 0 bridgehead atoms. The second-order valence-corrected chi connectivity index (χ2v) is 3.55. The maximum Gasteiger partial charge on any atom is 0.327 e. The minimum atomic E-state index is -3.49. The summed E-state index contributed by atoms with van der Waals surface area (Å²) in [7, 11) is 0. The van der Waals surface area contributed by atoms with Gasteiger partial charge < -0.3 is 9.47 Å². The molecule has 1 aliphatic rings. The molecule has 5 heteroatoms. The highest BCUT2D eigenvalue weighted by atomic mass is 19.3. The number of rotatable bonds is 2. The quantitative estimate of drug-likeness (QED) is 0.727. The molecule has 0 unspecified atom stereocenters. The van der Waals surface area contributed by atoms with Crippen LogP contribution in [0.4, 0.5) is 8.78 Å². The van der Waals surface area contributed by atoms with Gasteiger partial charge in [-0.25, -0.2) is 0 Å². The Labute approximate surface area is 91.0 Å². The van der Waals surface area contributed by atoms with Crippen LogP contribution in [0.2, 0.25) is 0 Å². The Bertz CT molecular complexity index is 429. The Balaban J connectivity index is 2.51. The van der Waals surface area contributed by atoms with Crippen LogP contribution >= 0.6 is 0 Å². The molecule has 1 heterocycles. The van der Waals surface area contributed by atoms with Crippen LogP contribution in [0.25, 0.3) is 0 Å². The highest BCUT2D eigenvalue weighted by Gasteiger charge is 2.34. The van der Waals surface area contributed by atoms with Gasteiger partial charge in [0.25, 0.3) is 0 Å². The summed E-state index contributed by atoms with van der Waals surface area (Å²) in [5, 5.41) is 0. The fraction of sp³-hybridized carbons (Fsp3) is 0.364. The summed E-state index contributed by atoms with van der Waals surface area (Å²) >= 11 is 0. The van der Waals surface area contributed by atoms with Crippen molar-refractivity contribution in [3.05, 3.63) is 23.3 Å². The third-order valence-corrected chi connectivity index (χ3v) is 2.40. The van der Waals surface area contributed by atoms with E-state index in [4.69, 9.17) is 9.47 Å². The van der Waals surface area contributed by atoms with Crippen molar-refractivity contribution in [2.45, 2.75) is 12.8 Å². The Morgan fingerprint density at radius 2 is 1.81 bits per heavy atom. The molecule has 1 aromatic carbocycles. The van der Waals surface area contributed by atoms with Crippen molar-refractivity contribution < 1.29 is 23.0 Å². The average Bonchev–Trinajstić information content (AvgIpc) is 2.28. The number of carbonyl (C=O) groups is 1. The number of hydrogen-bond acceptors (Lipinski definition) is 3. The number of benzene rings is 1. The van der Waals surface area contributed by atoms with Gasteiger partial charge in [0.05, 0.1) is 0 Å². The summed E-state index contributed by atoms with van der Waals surface area (Å²) in [4.78, 5) is 10.3. The SMILES string of the molecule is Cc1cc2c(cc1C(F)(F)C=O)OCCO2. The number of fused-ring (bicyclic) bond motifs is 1. The molecule has 1 aromatic rings. The van der Waals surface area contributed by atoms with E-state index in [2.05, 4.69) is 0 Å². The third-order valence-electron chi connectivity index (χ3n) is 2.40. The van der Waals surface area contributed by atoms with Gasteiger partial charge in [0, 0.05) is 5.56 Å². The molecule has 0 aliphatic carbocycles. The summed E-state index contributed by atoms with van der Waals surface area (Å²) in [5.41, 5.74) is -0.0342. The van der Waals surface area contributed by atoms with E-state index in [0.29, 0.717) is 24.5 Å². The van der Waals surface area contributed by atoms with Crippen LogP contribution < -0.4 is 9.47 Å². The fourth-order valence-electron chi connectivity index (χ4n) is 1.61. The van der Waals surface area contributed by atoms with E-state index in [-0.39, 0.29) is 17.6 Å². The first-order chi connectivity index (χ1) is 7.54. The molecular formula is C11H10F2O3. The molecule has 0 radical (unpaired) electrons. The average molecular weight is 228 g/mol. The first-order valence-electron chi connectivity index (χ1n) is 4.79. The van der Waals surface area contributed by atoms with Crippen molar-refractivity contribution in [1.29, 1.82) is 0 Å². The highest BCUT2D eigenvalue weighted by Crippen LogP contribution is 2.38. The minimum Gasteiger partial charge on any atom is -0.486 e. The van der Waals surface area contributed by atoms with Gasteiger partial charge in [0.15, 0.2) is 17.8 Å². The second-order valence-electron chi connectivity index (χ2n) is 3.55. The number of hydrogen-bond donors (Lipinski definition) is 0. The normalized spacial score (nSPS) is 14.7. The number of alkyl halides is 2.